The third-order valence-corrected chi connectivity index (χ3v) is 5.29. The molecule has 3 rings (SSSR count). The Morgan fingerprint density at radius 2 is 1.93 bits per heavy atom. The number of ether oxygens (including phenoxy) is 2. The van der Waals surface area contributed by atoms with Crippen LogP contribution in [0.15, 0.2) is 52.4 Å². The highest BCUT2D eigenvalue weighted by Crippen LogP contribution is 2.27. The Morgan fingerprint density at radius 1 is 1.14 bits per heavy atom. The predicted molar refractivity (Wildman–Crippen MR) is 111 cm³/mol. The summed E-state index contributed by atoms with van der Waals surface area (Å²) in [4.78, 5) is 30.2. The van der Waals surface area contributed by atoms with Gasteiger partial charge >= 0.3 is 0 Å². The van der Waals surface area contributed by atoms with Crippen molar-refractivity contribution in [2.24, 2.45) is 0 Å². The minimum absolute atomic E-state index is 0.0792. The number of nitrogens with zero attached hydrogens (tertiary/aromatic N) is 2. The van der Waals surface area contributed by atoms with Crippen molar-refractivity contribution in [3.63, 3.8) is 0 Å². The van der Waals surface area contributed by atoms with E-state index in [1.165, 1.54) is 18.9 Å². The summed E-state index contributed by atoms with van der Waals surface area (Å²) in [5.74, 6) is 1.13. The molecule has 0 amide bonds. The smallest absolute Gasteiger partial charge is 0.262 e. The quantitative estimate of drug-likeness (QED) is 0.327. The van der Waals surface area contributed by atoms with Crippen LogP contribution in [-0.4, -0.2) is 35.3 Å². The third-order valence-electron chi connectivity index (χ3n) is 4.32. The van der Waals surface area contributed by atoms with Gasteiger partial charge in [0.25, 0.3) is 5.56 Å². The van der Waals surface area contributed by atoms with Crippen LogP contribution in [0.1, 0.15) is 23.7 Å². The number of methoxy groups -OCH3 is 2. The van der Waals surface area contributed by atoms with Crippen LogP contribution in [0.25, 0.3) is 10.9 Å². The van der Waals surface area contributed by atoms with E-state index >= 15 is 0 Å². The first-order valence-corrected chi connectivity index (χ1v) is 9.95. The van der Waals surface area contributed by atoms with E-state index in [9.17, 15) is 9.59 Å². The van der Waals surface area contributed by atoms with E-state index in [1.807, 2.05) is 25.1 Å². The molecule has 0 aliphatic heterocycles. The molecule has 3 aromatic rings. The number of Topliss-reactive ketones (excluding diaryl/α,β-unsaturated/α-hetero) is 1. The van der Waals surface area contributed by atoms with Gasteiger partial charge in [0, 0.05) is 12.6 Å². The lowest BCUT2D eigenvalue weighted by molar-refractivity contribution is 0.101. The molecule has 0 atom stereocenters. The average Bonchev–Trinajstić information content (AvgIpc) is 2.73. The topological polar surface area (TPSA) is 70.4 Å². The molecule has 0 saturated carbocycles. The summed E-state index contributed by atoms with van der Waals surface area (Å²) in [7, 11) is 3.08. The number of fused-ring (bicyclic) bond motifs is 1. The first-order chi connectivity index (χ1) is 13.6. The molecule has 1 aromatic heterocycles. The molecule has 0 aliphatic rings. The Bertz CT molecular complexity index is 1060. The Balaban J connectivity index is 1.90. The van der Waals surface area contributed by atoms with Crippen LogP contribution in [-0.2, 0) is 6.54 Å². The fourth-order valence-corrected chi connectivity index (χ4v) is 3.82. The molecule has 28 heavy (non-hydrogen) atoms. The van der Waals surface area contributed by atoms with Crippen LogP contribution in [0.5, 0.6) is 11.5 Å². The summed E-state index contributed by atoms with van der Waals surface area (Å²) in [6.07, 6.45) is 0.799. The van der Waals surface area contributed by atoms with Crippen molar-refractivity contribution in [3.8, 4) is 11.5 Å². The predicted octanol–water partition coefficient (Wildman–Crippen LogP) is 3.80. The minimum atomic E-state index is -0.102. The maximum Gasteiger partial charge on any atom is 0.262 e. The van der Waals surface area contributed by atoms with Crippen molar-refractivity contribution in [2.75, 3.05) is 20.0 Å². The number of hydrogen-bond acceptors (Lipinski definition) is 6. The molecule has 146 valence electrons. The number of hydrogen-bond donors (Lipinski definition) is 0. The van der Waals surface area contributed by atoms with Crippen LogP contribution < -0.4 is 15.0 Å². The number of benzene rings is 2. The molecule has 0 unspecified atom stereocenters. The molecule has 7 heteroatoms. The van der Waals surface area contributed by atoms with Gasteiger partial charge in [-0.25, -0.2) is 4.98 Å². The normalized spacial score (nSPS) is 10.8. The van der Waals surface area contributed by atoms with Gasteiger partial charge in [-0.15, -0.1) is 0 Å². The molecule has 0 saturated heterocycles. The number of rotatable bonds is 8. The SMILES string of the molecule is CCCn1c(SCC(=O)c2ccc(OC)cc2OC)nc2ccccc2c1=O. The molecule has 0 radical (unpaired) electrons. The van der Waals surface area contributed by atoms with Crippen molar-refractivity contribution < 1.29 is 14.3 Å². The maximum atomic E-state index is 12.8. The molecule has 2 aromatic carbocycles. The van der Waals surface area contributed by atoms with E-state index in [0.717, 1.165) is 6.42 Å². The third kappa shape index (κ3) is 4.04. The molecule has 0 N–H and O–H groups in total. The lowest BCUT2D eigenvalue weighted by Gasteiger charge is -2.13. The van der Waals surface area contributed by atoms with Crippen LogP contribution >= 0.6 is 11.8 Å². The van der Waals surface area contributed by atoms with Crippen molar-refractivity contribution in [2.45, 2.75) is 25.0 Å². The van der Waals surface area contributed by atoms with E-state index in [2.05, 4.69) is 4.98 Å². The largest absolute Gasteiger partial charge is 0.497 e. The van der Waals surface area contributed by atoms with Gasteiger partial charge in [0.05, 0.1) is 36.4 Å². The highest BCUT2D eigenvalue weighted by molar-refractivity contribution is 7.99. The number of thioether (sulfide) groups is 1. The Kier molecular flexibility index (Phi) is 6.36. The highest BCUT2D eigenvalue weighted by atomic mass is 32.2. The molecule has 6 nitrogen and oxygen atoms in total. The second-order valence-corrected chi connectivity index (χ2v) is 7.09. The van der Waals surface area contributed by atoms with Gasteiger partial charge in [-0.1, -0.05) is 30.8 Å². The number of carbonyl (C=O) groups excluding carboxylic acids is 1. The fourth-order valence-electron chi connectivity index (χ4n) is 2.92. The van der Waals surface area contributed by atoms with Gasteiger partial charge in [-0.05, 0) is 30.7 Å². The van der Waals surface area contributed by atoms with Gasteiger partial charge < -0.3 is 9.47 Å². The summed E-state index contributed by atoms with van der Waals surface area (Å²) < 4.78 is 12.1. The van der Waals surface area contributed by atoms with E-state index in [-0.39, 0.29) is 17.1 Å². The first-order valence-electron chi connectivity index (χ1n) is 8.96. The second kappa shape index (κ2) is 8.93. The highest BCUT2D eigenvalue weighted by Gasteiger charge is 2.17. The maximum absolute atomic E-state index is 12.8. The van der Waals surface area contributed by atoms with Gasteiger partial charge in [-0.3, -0.25) is 14.2 Å². The zero-order valence-corrected chi connectivity index (χ0v) is 16.9. The number of carbonyl (C=O) groups is 1. The zero-order valence-electron chi connectivity index (χ0n) is 16.1. The van der Waals surface area contributed by atoms with Crippen molar-refractivity contribution in [1.82, 2.24) is 9.55 Å². The Morgan fingerprint density at radius 3 is 2.64 bits per heavy atom. The summed E-state index contributed by atoms with van der Waals surface area (Å²) in [5, 5.41) is 1.13. The van der Waals surface area contributed by atoms with Crippen molar-refractivity contribution in [3.05, 3.63) is 58.4 Å². The molecule has 0 aliphatic carbocycles. The molecule has 0 spiro atoms. The molecular formula is C21H22N2O4S. The first kappa shape index (κ1) is 19.9. The fraction of sp³-hybridized carbons (Fsp3) is 0.286. The van der Waals surface area contributed by atoms with E-state index in [1.54, 1.807) is 35.9 Å². The summed E-state index contributed by atoms with van der Waals surface area (Å²) >= 11 is 1.26. The van der Waals surface area contributed by atoms with Crippen LogP contribution in [0.3, 0.4) is 0 Å². The van der Waals surface area contributed by atoms with Crippen LogP contribution in [0, 0.1) is 0 Å². The van der Waals surface area contributed by atoms with E-state index in [0.29, 0.717) is 39.7 Å². The monoisotopic (exact) mass is 398 g/mol. The van der Waals surface area contributed by atoms with E-state index in [4.69, 9.17) is 9.47 Å². The standard InChI is InChI=1S/C21H22N2O4S/c1-4-11-23-20(25)15-7-5-6-8-17(15)22-21(23)28-13-18(24)16-10-9-14(26-2)12-19(16)27-3/h5-10,12H,4,11,13H2,1-3H3. The number of ketones is 1. The molecule has 1 heterocycles. The molecular weight excluding hydrogens is 376 g/mol. The number of para-hydroxylation sites is 1. The van der Waals surface area contributed by atoms with E-state index < -0.39 is 0 Å². The van der Waals surface area contributed by atoms with Crippen LogP contribution in [0.2, 0.25) is 0 Å². The molecule has 0 bridgehead atoms. The lowest BCUT2D eigenvalue weighted by Crippen LogP contribution is -2.23. The molecule has 0 fully saturated rings. The minimum Gasteiger partial charge on any atom is -0.497 e. The van der Waals surface area contributed by atoms with Crippen molar-refractivity contribution >= 4 is 28.4 Å². The zero-order chi connectivity index (χ0) is 20.1. The van der Waals surface area contributed by atoms with Gasteiger partial charge in [0.1, 0.15) is 11.5 Å². The Hall–Kier alpha value is -2.80. The summed E-state index contributed by atoms with van der Waals surface area (Å²) in [5.41, 5.74) is 1.03. The lowest BCUT2D eigenvalue weighted by atomic mass is 10.1. The number of aromatic nitrogens is 2. The van der Waals surface area contributed by atoms with Gasteiger partial charge in [0.15, 0.2) is 10.9 Å². The van der Waals surface area contributed by atoms with Gasteiger partial charge in [0.2, 0.25) is 0 Å². The Labute approximate surface area is 167 Å². The summed E-state index contributed by atoms with van der Waals surface area (Å²) in [6.45, 7) is 2.56. The summed E-state index contributed by atoms with van der Waals surface area (Å²) in [6, 6.07) is 12.4. The van der Waals surface area contributed by atoms with Crippen LogP contribution in [0.4, 0.5) is 0 Å². The average molecular weight is 398 g/mol. The second-order valence-electron chi connectivity index (χ2n) is 6.15. The van der Waals surface area contributed by atoms with Gasteiger partial charge in [-0.2, -0.15) is 0 Å². The van der Waals surface area contributed by atoms with Crippen molar-refractivity contribution in [1.29, 1.82) is 0 Å².